The summed E-state index contributed by atoms with van der Waals surface area (Å²) in [4.78, 5) is 34.1. The van der Waals surface area contributed by atoms with Gasteiger partial charge >= 0.3 is 0 Å². The number of ether oxygens (including phenoxy) is 2. The van der Waals surface area contributed by atoms with E-state index in [4.69, 9.17) is 9.47 Å². The van der Waals surface area contributed by atoms with Gasteiger partial charge < -0.3 is 14.8 Å². The van der Waals surface area contributed by atoms with Gasteiger partial charge in [-0.3, -0.25) is 14.9 Å². The molecule has 0 aliphatic rings. The Morgan fingerprint density at radius 2 is 1.22 bits per heavy atom. The zero-order chi connectivity index (χ0) is 23.3. The molecular weight excluding hydrogens is 408 g/mol. The zero-order valence-corrected chi connectivity index (χ0v) is 18.7. The van der Waals surface area contributed by atoms with Crippen molar-refractivity contribution in [2.45, 2.75) is 26.2 Å². The molecule has 0 unspecified atom stereocenters. The molecule has 0 fully saturated rings. The summed E-state index contributed by atoms with van der Waals surface area (Å²) < 4.78 is 10.2. The van der Waals surface area contributed by atoms with Gasteiger partial charge in [0.2, 0.25) is 5.95 Å². The maximum absolute atomic E-state index is 12.7. The number of hydrogen-bond acceptors (Lipinski definition) is 6. The maximum Gasteiger partial charge on any atom is 0.258 e. The first-order valence-corrected chi connectivity index (χ1v) is 10.00. The van der Waals surface area contributed by atoms with Crippen molar-refractivity contribution in [1.82, 2.24) is 9.97 Å². The van der Waals surface area contributed by atoms with E-state index in [0.29, 0.717) is 28.3 Å². The molecule has 2 N–H and O–H groups in total. The third kappa shape index (κ3) is 5.60. The third-order valence-corrected chi connectivity index (χ3v) is 4.67. The fourth-order valence-corrected chi connectivity index (χ4v) is 2.80. The number of nitrogens with one attached hydrogen (secondary N) is 2. The number of benzene rings is 2. The average molecular weight is 434 g/mol. The molecule has 0 aliphatic carbocycles. The number of carbonyl (C=O) groups is 2. The van der Waals surface area contributed by atoms with E-state index in [1.54, 1.807) is 68.8 Å². The van der Waals surface area contributed by atoms with Gasteiger partial charge in [0, 0.05) is 22.6 Å². The number of aromatic nitrogens is 2. The minimum absolute atomic E-state index is 0.100. The van der Waals surface area contributed by atoms with Gasteiger partial charge in [0.05, 0.1) is 19.9 Å². The molecule has 8 heteroatoms. The number of rotatable bonds is 6. The van der Waals surface area contributed by atoms with E-state index in [9.17, 15) is 9.59 Å². The Kier molecular flexibility index (Phi) is 6.73. The predicted molar refractivity (Wildman–Crippen MR) is 123 cm³/mol. The number of nitrogens with zero attached hydrogens (tertiary/aromatic N) is 2. The Labute approximate surface area is 187 Å². The van der Waals surface area contributed by atoms with E-state index in [2.05, 4.69) is 20.6 Å². The molecule has 0 radical (unpaired) electrons. The molecule has 0 bridgehead atoms. The maximum atomic E-state index is 12.7. The van der Waals surface area contributed by atoms with Crippen molar-refractivity contribution < 1.29 is 19.1 Å². The second-order valence-electron chi connectivity index (χ2n) is 8.08. The molecule has 0 spiro atoms. The van der Waals surface area contributed by atoms with Crippen LogP contribution >= 0.6 is 0 Å². The number of amides is 2. The van der Waals surface area contributed by atoms with Crippen LogP contribution in [0.15, 0.2) is 54.6 Å². The van der Waals surface area contributed by atoms with Crippen LogP contribution in [-0.4, -0.2) is 36.0 Å². The molecule has 166 valence electrons. The summed E-state index contributed by atoms with van der Waals surface area (Å²) in [6.07, 6.45) is 0. The summed E-state index contributed by atoms with van der Waals surface area (Å²) in [6.45, 7) is 5.96. The van der Waals surface area contributed by atoms with Crippen LogP contribution in [0.2, 0.25) is 0 Å². The van der Waals surface area contributed by atoms with Gasteiger partial charge in [-0.25, -0.2) is 4.98 Å². The molecule has 1 aromatic heterocycles. The Balaban J connectivity index is 1.85. The van der Waals surface area contributed by atoms with Crippen LogP contribution in [0.4, 0.5) is 11.8 Å². The summed E-state index contributed by atoms with van der Waals surface area (Å²) in [6, 6.07) is 15.1. The van der Waals surface area contributed by atoms with Crippen LogP contribution in [-0.2, 0) is 5.41 Å². The van der Waals surface area contributed by atoms with Crippen LogP contribution in [0.3, 0.4) is 0 Å². The standard InChI is InChI=1S/C24H26N4O4/c1-24(2,3)19-14-20(26-21(29)15-6-10-17(31-4)11-7-15)27-23(25-19)28-22(30)16-8-12-18(32-5)13-9-16/h6-14H,1-5H3,(H2,25,26,27,28,29,30). The predicted octanol–water partition coefficient (Wildman–Crippen LogP) is 4.30. The summed E-state index contributed by atoms with van der Waals surface area (Å²) >= 11 is 0. The Morgan fingerprint density at radius 1 is 0.750 bits per heavy atom. The zero-order valence-electron chi connectivity index (χ0n) is 18.7. The lowest BCUT2D eigenvalue weighted by Crippen LogP contribution is -2.21. The van der Waals surface area contributed by atoms with Gasteiger partial charge in [-0.15, -0.1) is 0 Å². The molecule has 32 heavy (non-hydrogen) atoms. The highest BCUT2D eigenvalue weighted by molar-refractivity contribution is 6.05. The third-order valence-electron chi connectivity index (χ3n) is 4.67. The van der Waals surface area contributed by atoms with Crippen LogP contribution < -0.4 is 20.1 Å². The van der Waals surface area contributed by atoms with Gasteiger partial charge in [-0.2, -0.15) is 4.98 Å². The minimum Gasteiger partial charge on any atom is -0.497 e. The van der Waals surface area contributed by atoms with Crippen molar-refractivity contribution in [2.24, 2.45) is 0 Å². The van der Waals surface area contributed by atoms with E-state index < -0.39 is 0 Å². The van der Waals surface area contributed by atoms with Gasteiger partial charge in [0.1, 0.15) is 17.3 Å². The van der Waals surface area contributed by atoms with E-state index >= 15 is 0 Å². The highest BCUT2D eigenvalue weighted by Crippen LogP contribution is 2.24. The van der Waals surface area contributed by atoms with Crippen LogP contribution in [0, 0.1) is 0 Å². The van der Waals surface area contributed by atoms with Crippen molar-refractivity contribution in [3.8, 4) is 11.5 Å². The van der Waals surface area contributed by atoms with Crippen LogP contribution in [0.1, 0.15) is 47.2 Å². The second kappa shape index (κ2) is 9.47. The fraction of sp³-hybridized carbons (Fsp3) is 0.250. The average Bonchev–Trinajstić information content (AvgIpc) is 2.78. The largest absolute Gasteiger partial charge is 0.497 e. The van der Waals surface area contributed by atoms with Crippen molar-refractivity contribution in [3.05, 3.63) is 71.4 Å². The lowest BCUT2D eigenvalue weighted by molar-refractivity contribution is 0.101. The monoisotopic (exact) mass is 434 g/mol. The molecule has 0 atom stereocenters. The van der Waals surface area contributed by atoms with E-state index in [0.717, 1.165) is 0 Å². The fourth-order valence-electron chi connectivity index (χ4n) is 2.80. The van der Waals surface area contributed by atoms with Gasteiger partial charge in [0.15, 0.2) is 0 Å². The number of anilines is 2. The Morgan fingerprint density at radius 3 is 1.66 bits per heavy atom. The molecule has 3 rings (SSSR count). The van der Waals surface area contributed by atoms with E-state index in [-0.39, 0.29) is 29.0 Å². The van der Waals surface area contributed by atoms with Crippen molar-refractivity contribution in [2.75, 3.05) is 24.9 Å². The highest BCUT2D eigenvalue weighted by atomic mass is 16.5. The first-order chi connectivity index (χ1) is 15.2. The molecule has 0 saturated heterocycles. The second-order valence-corrected chi connectivity index (χ2v) is 8.08. The molecule has 2 amide bonds. The molecule has 0 aliphatic heterocycles. The van der Waals surface area contributed by atoms with E-state index in [1.807, 2.05) is 20.8 Å². The Hall–Kier alpha value is -3.94. The molecule has 0 saturated carbocycles. The van der Waals surface area contributed by atoms with Crippen molar-refractivity contribution in [3.63, 3.8) is 0 Å². The molecule has 8 nitrogen and oxygen atoms in total. The summed E-state index contributed by atoms with van der Waals surface area (Å²) in [7, 11) is 3.12. The summed E-state index contributed by atoms with van der Waals surface area (Å²) in [5.74, 6) is 0.988. The topological polar surface area (TPSA) is 102 Å². The summed E-state index contributed by atoms with van der Waals surface area (Å²) in [5.41, 5.74) is 1.22. The lowest BCUT2D eigenvalue weighted by Gasteiger charge is -2.19. The molecule has 2 aromatic carbocycles. The molecule has 1 heterocycles. The van der Waals surface area contributed by atoms with Crippen molar-refractivity contribution >= 4 is 23.6 Å². The van der Waals surface area contributed by atoms with E-state index in [1.165, 1.54) is 0 Å². The quantitative estimate of drug-likeness (QED) is 0.600. The van der Waals surface area contributed by atoms with Gasteiger partial charge in [0.25, 0.3) is 11.8 Å². The van der Waals surface area contributed by atoms with Crippen LogP contribution in [0.5, 0.6) is 11.5 Å². The first-order valence-electron chi connectivity index (χ1n) is 10.00. The smallest absolute Gasteiger partial charge is 0.258 e. The number of hydrogen-bond donors (Lipinski definition) is 2. The summed E-state index contributed by atoms with van der Waals surface area (Å²) in [5, 5.41) is 5.48. The van der Waals surface area contributed by atoms with Crippen LogP contribution in [0.25, 0.3) is 0 Å². The van der Waals surface area contributed by atoms with Gasteiger partial charge in [-0.1, -0.05) is 20.8 Å². The Bertz CT molecular complexity index is 1020. The SMILES string of the molecule is COc1ccc(C(=O)Nc2cc(C(C)(C)C)nc(NC(=O)c3ccc(OC)cc3)n2)cc1. The number of methoxy groups -OCH3 is 2. The molecule has 3 aromatic rings. The normalized spacial score (nSPS) is 10.9. The minimum atomic E-state index is -0.369. The number of carbonyl (C=O) groups excluding carboxylic acids is 2. The first kappa shape index (κ1) is 22.7. The highest BCUT2D eigenvalue weighted by Gasteiger charge is 2.20. The lowest BCUT2D eigenvalue weighted by atomic mass is 9.92. The molecular formula is C24H26N4O4. The van der Waals surface area contributed by atoms with Gasteiger partial charge in [-0.05, 0) is 48.5 Å². The van der Waals surface area contributed by atoms with Crippen molar-refractivity contribution in [1.29, 1.82) is 0 Å².